The molecule has 2 bridgehead atoms. The molecule has 2 amide bonds. The van der Waals surface area contributed by atoms with Crippen LogP contribution in [0.15, 0.2) is 48.5 Å². The number of amides is 2. The van der Waals surface area contributed by atoms with Crippen molar-refractivity contribution in [3.8, 4) is 11.1 Å². The first kappa shape index (κ1) is 21.2. The molecule has 2 saturated heterocycles. The third kappa shape index (κ3) is 3.21. The lowest BCUT2D eigenvalue weighted by Crippen LogP contribution is -2.51. The Hall–Kier alpha value is -3.35. The van der Waals surface area contributed by atoms with Gasteiger partial charge in [-0.25, -0.2) is 9.59 Å². The zero-order chi connectivity index (χ0) is 23.4. The zero-order valence-electron chi connectivity index (χ0n) is 18.9. The van der Waals surface area contributed by atoms with Crippen LogP contribution >= 0.6 is 0 Å². The van der Waals surface area contributed by atoms with Crippen LogP contribution in [0.4, 0.5) is 4.79 Å². The number of carbonyl (C=O) groups is 3. The third-order valence-corrected chi connectivity index (χ3v) is 8.34. The number of fused-ring (bicyclic) bond motifs is 5. The Bertz CT molecular complexity index is 1120. The van der Waals surface area contributed by atoms with E-state index in [4.69, 9.17) is 4.74 Å². The lowest BCUT2D eigenvalue weighted by atomic mass is 9.88. The molecular weight excluding hydrogens is 432 g/mol. The number of aliphatic carboxylic acids is 1. The molecule has 176 valence electrons. The van der Waals surface area contributed by atoms with Gasteiger partial charge in [0.2, 0.25) is 5.91 Å². The molecule has 2 heterocycles. The fraction of sp³-hybridized carbons (Fsp3) is 0.444. The van der Waals surface area contributed by atoms with E-state index in [0.29, 0.717) is 25.8 Å². The number of nitrogens with zero attached hydrogens (tertiary/aromatic N) is 1. The van der Waals surface area contributed by atoms with E-state index in [1.807, 2.05) is 24.3 Å². The molecule has 2 atom stereocenters. The number of ether oxygens (including phenoxy) is 1. The molecule has 4 aliphatic rings. The minimum absolute atomic E-state index is 0.00579. The first-order valence-electron chi connectivity index (χ1n) is 12.1. The predicted molar refractivity (Wildman–Crippen MR) is 124 cm³/mol. The lowest BCUT2D eigenvalue weighted by molar-refractivity contribution is -0.156. The Morgan fingerprint density at radius 2 is 1.62 bits per heavy atom. The molecule has 2 N–H and O–H groups in total. The van der Waals surface area contributed by atoms with Gasteiger partial charge in [0.15, 0.2) is 0 Å². The number of benzene rings is 2. The molecule has 3 fully saturated rings. The Kier molecular flexibility index (Phi) is 4.90. The first-order valence-corrected chi connectivity index (χ1v) is 12.1. The maximum Gasteiger partial charge on any atom is 0.407 e. The average molecular weight is 461 g/mol. The summed E-state index contributed by atoms with van der Waals surface area (Å²) in [6.07, 6.45) is 2.84. The summed E-state index contributed by atoms with van der Waals surface area (Å²) in [6.45, 7) is 0.620. The topological polar surface area (TPSA) is 95.9 Å². The van der Waals surface area contributed by atoms with Crippen molar-refractivity contribution in [2.75, 3.05) is 13.2 Å². The largest absolute Gasteiger partial charge is 0.479 e. The molecular formula is C27H28N2O5. The molecule has 2 aliphatic carbocycles. The Morgan fingerprint density at radius 1 is 1.00 bits per heavy atom. The van der Waals surface area contributed by atoms with E-state index in [1.54, 1.807) is 4.90 Å². The predicted octanol–water partition coefficient (Wildman–Crippen LogP) is 3.77. The minimum atomic E-state index is -1.00. The standard InChI is InChI=1S/C27H28N2O5/c30-24(29-17-9-11-27(29,12-10-17)25(31)32)22-13-16(22)14-28-26(33)34-15-23-20-7-3-1-5-18(20)19-6-2-4-8-21(19)23/h1-8,16-17,22-23H,9-15H2,(H,28,33)(H,31,32)/t16-,17?,22-,27?/m1/s1. The van der Waals surface area contributed by atoms with Gasteiger partial charge in [-0.3, -0.25) is 4.79 Å². The highest BCUT2D eigenvalue weighted by molar-refractivity contribution is 5.91. The lowest BCUT2D eigenvalue weighted by Gasteiger charge is -2.31. The van der Waals surface area contributed by atoms with Crippen molar-refractivity contribution < 1.29 is 24.2 Å². The van der Waals surface area contributed by atoms with Crippen molar-refractivity contribution in [1.29, 1.82) is 0 Å². The average Bonchev–Trinajstić information content (AvgIpc) is 3.25. The summed E-state index contributed by atoms with van der Waals surface area (Å²) in [5.74, 6) is -1.09. The highest BCUT2D eigenvalue weighted by atomic mass is 16.5. The van der Waals surface area contributed by atoms with Gasteiger partial charge in [-0.2, -0.15) is 0 Å². The highest BCUT2D eigenvalue weighted by Gasteiger charge is 2.61. The summed E-state index contributed by atoms with van der Waals surface area (Å²) in [5.41, 5.74) is 3.69. The minimum Gasteiger partial charge on any atom is -0.479 e. The Labute approximate surface area is 198 Å². The van der Waals surface area contributed by atoms with Gasteiger partial charge in [-0.1, -0.05) is 48.5 Å². The summed E-state index contributed by atoms with van der Waals surface area (Å²) in [7, 11) is 0. The highest BCUT2D eigenvalue weighted by Crippen LogP contribution is 2.51. The SMILES string of the molecule is O=C(NC[C@H]1C[C@H]1C(=O)N1C2CCC1(C(=O)O)CC2)OCC1c2ccccc2-c2ccccc21. The quantitative estimate of drug-likeness (QED) is 0.684. The van der Waals surface area contributed by atoms with Crippen LogP contribution in [-0.2, 0) is 14.3 Å². The number of nitrogens with one attached hydrogen (secondary N) is 1. The van der Waals surface area contributed by atoms with Crippen LogP contribution in [-0.4, -0.2) is 52.7 Å². The van der Waals surface area contributed by atoms with Crippen LogP contribution < -0.4 is 5.32 Å². The summed E-state index contributed by atoms with van der Waals surface area (Å²) in [6, 6.07) is 16.5. The van der Waals surface area contributed by atoms with Gasteiger partial charge in [0.05, 0.1) is 0 Å². The molecule has 2 aliphatic heterocycles. The number of rotatable bonds is 6. The summed E-state index contributed by atoms with van der Waals surface area (Å²) in [5, 5.41) is 12.6. The second-order valence-corrected chi connectivity index (χ2v) is 10.1. The van der Waals surface area contributed by atoms with E-state index in [-0.39, 0.29) is 36.3 Å². The van der Waals surface area contributed by atoms with Crippen LogP contribution in [0, 0.1) is 11.8 Å². The molecule has 0 spiro atoms. The van der Waals surface area contributed by atoms with Crippen molar-refractivity contribution in [2.24, 2.45) is 11.8 Å². The summed E-state index contributed by atoms with van der Waals surface area (Å²) in [4.78, 5) is 39.1. The fourth-order valence-electron chi connectivity index (χ4n) is 6.45. The maximum absolute atomic E-state index is 13.1. The van der Waals surface area contributed by atoms with Gasteiger partial charge in [0.25, 0.3) is 0 Å². The van der Waals surface area contributed by atoms with Crippen LogP contribution in [0.5, 0.6) is 0 Å². The number of hydrogen-bond acceptors (Lipinski definition) is 4. The van der Waals surface area contributed by atoms with E-state index in [0.717, 1.165) is 24.0 Å². The molecule has 7 nitrogen and oxygen atoms in total. The van der Waals surface area contributed by atoms with Crippen molar-refractivity contribution >= 4 is 18.0 Å². The molecule has 34 heavy (non-hydrogen) atoms. The number of carboxylic acids is 1. The first-order chi connectivity index (χ1) is 16.5. The second kappa shape index (κ2) is 7.86. The Morgan fingerprint density at radius 3 is 2.24 bits per heavy atom. The molecule has 2 aromatic rings. The summed E-state index contributed by atoms with van der Waals surface area (Å²) < 4.78 is 5.58. The molecule has 0 aromatic heterocycles. The summed E-state index contributed by atoms with van der Waals surface area (Å²) >= 11 is 0. The smallest absolute Gasteiger partial charge is 0.407 e. The van der Waals surface area contributed by atoms with Gasteiger partial charge in [0.1, 0.15) is 12.1 Å². The van der Waals surface area contributed by atoms with E-state index >= 15 is 0 Å². The van der Waals surface area contributed by atoms with Crippen LogP contribution in [0.3, 0.4) is 0 Å². The second-order valence-electron chi connectivity index (χ2n) is 10.1. The van der Waals surface area contributed by atoms with E-state index < -0.39 is 17.6 Å². The van der Waals surface area contributed by atoms with E-state index in [2.05, 4.69) is 29.6 Å². The number of carbonyl (C=O) groups excluding carboxylic acids is 2. The van der Waals surface area contributed by atoms with E-state index in [9.17, 15) is 19.5 Å². The molecule has 1 saturated carbocycles. The van der Waals surface area contributed by atoms with Crippen molar-refractivity contribution in [3.05, 3.63) is 59.7 Å². The van der Waals surface area contributed by atoms with Gasteiger partial charge in [-0.15, -0.1) is 0 Å². The van der Waals surface area contributed by atoms with Gasteiger partial charge in [-0.05, 0) is 60.3 Å². The molecule has 0 unspecified atom stereocenters. The van der Waals surface area contributed by atoms with Gasteiger partial charge >= 0.3 is 12.1 Å². The molecule has 0 radical (unpaired) electrons. The van der Waals surface area contributed by atoms with Gasteiger partial charge in [0, 0.05) is 24.4 Å². The number of carboxylic acid groups (broad SMARTS) is 1. The van der Waals surface area contributed by atoms with Crippen LogP contribution in [0.25, 0.3) is 11.1 Å². The fourth-order valence-corrected chi connectivity index (χ4v) is 6.45. The molecule has 7 heteroatoms. The monoisotopic (exact) mass is 460 g/mol. The van der Waals surface area contributed by atoms with Gasteiger partial charge < -0.3 is 20.1 Å². The number of alkyl carbamates (subject to hydrolysis) is 1. The normalized spacial score (nSPS) is 28.4. The molecule has 6 rings (SSSR count). The zero-order valence-corrected chi connectivity index (χ0v) is 18.9. The van der Waals surface area contributed by atoms with Crippen LogP contribution in [0.1, 0.15) is 49.1 Å². The van der Waals surface area contributed by atoms with E-state index in [1.165, 1.54) is 11.1 Å². The van der Waals surface area contributed by atoms with Crippen LogP contribution in [0.2, 0.25) is 0 Å². The maximum atomic E-state index is 13.1. The molecule has 2 aromatic carbocycles. The van der Waals surface area contributed by atoms with Crippen molar-refractivity contribution in [2.45, 2.75) is 49.6 Å². The third-order valence-electron chi connectivity index (χ3n) is 8.34. The number of hydrogen-bond donors (Lipinski definition) is 2. The van der Waals surface area contributed by atoms with Crippen molar-refractivity contribution in [3.63, 3.8) is 0 Å². The Balaban J connectivity index is 1.03. The van der Waals surface area contributed by atoms with Crippen molar-refractivity contribution in [1.82, 2.24) is 10.2 Å².